The molecular weight excluding hydrogens is 480 g/mol. The highest BCUT2D eigenvalue weighted by Gasteiger charge is 2.45. The number of halogens is 1. The molecule has 1 aliphatic rings. The van der Waals surface area contributed by atoms with Crippen molar-refractivity contribution in [3.8, 4) is 33.4 Å². The van der Waals surface area contributed by atoms with E-state index in [4.69, 9.17) is 11.6 Å². The zero-order chi connectivity index (χ0) is 25.5. The van der Waals surface area contributed by atoms with E-state index in [9.17, 15) is 0 Å². The maximum absolute atomic E-state index is 6.84. The Morgan fingerprint density at radius 2 is 0.921 bits per heavy atom. The zero-order valence-corrected chi connectivity index (χ0v) is 21.6. The Kier molecular flexibility index (Phi) is 5.50. The molecule has 6 aromatic carbocycles. The summed E-state index contributed by atoms with van der Waals surface area (Å²) >= 11 is 6.84. The highest BCUT2D eigenvalue weighted by Crippen LogP contribution is 2.56. The highest BCUT2D eigenvalue weighted by atomic mass is 35.5. The van der Waals surface area contributed by atoms with Crippen LogP contribution in [0.1, 0.15) is 22.3 Å². The summed E-state index contributed by atoms with van der Waals surface area (Å²) in [5, 5.41) is 0.753. The smallest absolute Gasteiger partial charge is 0.0713 e. The van der Waals surface area contributed by atoms with Crippen molar-refractivity contribution in [2.24, 2.45) is 0 Å². The molecule has 1 heteroatoms. The number of fused-ring (bicyclic) bond motifs is 3. The Morgan fingerprint density at radius 3 is 1.61 bits per heavy atom. The number of hydrogen-bond acceptors (Lipinski definition) is 0. The van der Waals surface area contributed by atoms with Crippen LogP contribution in [0.2, 0.25) is 5.02 Å². The SMILES string of the molecule is Clc1ccc(-c2ccccc2)cc1-c1cccc(C2(c3ccccc3)c3ccccc3-c3ccccc32)c1. The van der Waals surface area contributed by atoms with Gasteiger partial charge in [0.1, 0.15) is 0 Å². The maximum atomic E-state index is 6.84. The molecule has 1 aliphatic carbocycles. The van der Waals surface area contributed by atoms with E-state index in [0.717, 1.165) is 21.7 Å². The van der Waals surface area contributed by atoms with Crippen LogP contribution in [0.15, 0.2) is 152 Å². The summed E-state index contributed by atoms with van der Waals surface area (Å²) in [6.45, 7) is 0. The molecule has 180 valence electrons. The van der Waals surface area contributed by atoms with Crippen LogP contribution in [-0.4, -0.2) is 0 Å². The summed E-state index contributed by atoms with van der Waals surface area (Å²) in [5.74, 6) is 0. The number of hydrogen-bond donors (Lipinski definition) is 0. The van der Waals surface area contributed by atoms with Gasteiger partial charge in [0.05, 0.1) is 5.41 Å². The quantitative estimate of drug-likeness (QED) is 0.223. The Balaban J connectivity index is 1.49. The zero-order valence-electron chi connectivity index (χ0n) is 20.8. The molecule has 0 amide bonds. The summed E-state index contributed by atoms with van der Waals surface area (Å²) in [6.07, 6.45) is 0. The predicted molar refractivity (Wildman–Crippen MR) is 160 cm³/mol. The molecule has 0 heterocycles. The Hall–Kier alpha value is -4.39. The molecule has 6 aromatic rings. The lowest BCUT2D eigenvalue weighted by atomic mass is 9.67. The van der Waals surface area contributed by atoms with Crippen LogP contribution in [0.5, 0.6) is 0 Å². The molecule has 0 aliphatic heterocycles. The second-order valence-electron chi connectivity index (χ2n) is 9.85. The van der Waals surface area contributed by atoms with E-state index in [2.05, 4.69) is 140 Å². The van der Waals surface area contributed by atoms with Crippen LogP contribution in [-0.2, 0) is 5.41 Å². The fourth-order valence-corrected chi connectivity index (χ4v) is 6.42. The first-order valence-corrected chi connectivity index (χ1v) is 13.4. The van der Waals surface area contributed by atoms with E-state index in [1.165, 1.54) is 38.9 Å². The second-order valence-corrected chi connectivity index (χ2v) is 10.3. The first-order valence-electron chi connectivity index (χ1n) is 13.0. The first kappa shape index (κ1) is 22.8. The van der Waals surface area contributed by atoms with Gasteiger partial charge in [0.15, 0.2) is 0 Å². The Morgan fingerprint density at radius 1 is 0.368 bits per heavy atom. The third kappa shape index (κ3) is 3.45. The molecule has 38 heavy (non-hydrogen) atoms. The first-order chi connectivity index (χ1) is 18.8. The van der Waals surface area contributed by atoms with Crippen LogP contribution < -0.4 is 0 Å². The van der Waals surface area contributed by atoms with Crippen molar-refractivity contribution in [1.82, 2.24) is 0 Å². The minimum absolute atomic E-state index is 0.423. The minimum atomic E-state index is -0.423. The fraction of sp³-hybridized carbons (Fsp3) is 0.0270. The summed E-state index contributed by atoms with van der Waals surface area (Å²) in [5.41, 5.74) is 11.8. The lowest BCUT2D eigenvalue weighted by Crippen LogP contribution is -2.28. The van der Waals surface area contributed by atoms with Crippen LogP contribution in [0.25, 0.3) is 33.4 Å². The molecular formula is C37H25Cl. The van der Waals surface area contributed by atoms with Gasteiger partial charge >= 0.3 is 0 Å². The van der Waals surface area contributed by atoms with Gasteiger partial charge in [0.25, 0.3) is 0 Å². The van der Waals surface area contributed by atoms with Gasteiger partial charge in [-0.2, -0.15) is 0 Å². The van der Waals surface area contributed by atoms with E-state index in [1.807, 2.05) is 12.1 Å². The van der Waals surface area contributed by atoms with Crippen molar-refractivity contribution in [3.05, 3.63) is 179 Å². The molecule has 0 aromatic heterocycles. The van der Waals surface area contributed by atoms with Gasteiger partial charge in [-0.25, -0.2) is 0 Å². The van der Waals surface area contributed by atoms with Crippen LogP contribution >= 0.6 is 11.6 Å². The van der Waals surface area contributed by atoms with Crippen LogP contribution in [0, 0.1) is 0 Å². The lowest BCUT2D eigenvalue weighted by Gasteiger charge is -2.34. The number of rotatable bonds is 4. The third-order valence-corrected chi connectivity index (χ3v) is 8.17. The van der Waals surface area contributed by atoms with Gasteiger partial charge < -0.3 is 0 Å². The fourth-order valence-electron chi connectivity index (χ4n) is 6.19. The van der Waals surface area contributed by atoms with E-state index in [1.54, 1.807) is 0 Å². The summed E-state index contributed by atoms with van der Waals surface area (Å²) in [6, 6.07) is 54.3. The third-order valence-electron chi connectivity index (χ3n) is 7.84. The highest BCUT2D eigenvalue weighted by molar-refractivity contribution is 6.33. The van der Waals surface area contributed by atoms with Crippen molar-refractivity contribution in [1.29, 1.82) is 0 Å². The van der Waals surface area contributed by atoms with E-state index >= 15 is 0 Å². The molecule has 0 atom stereocenters. The van der Waals surface area contributed by atoms with Crippen molar-refractivity contribution in [2.75, 3.05) is 0 Å². The Labute approximate surface area is 228 Å². The second kappa shape index (κ2) is 9.17. The molecule has 0 saturated carbocycles. The molecule has 0 saturated heterocycles. The lowest BCUT2D eigenvalue weighted by molar-refractivity contribution is 0.769. The topological polar surface area (TPSA) is 0 Å². The summed E-state index contributed by atoms with van der Waals surface area (Å²) < 4.78 is 0. The molecule has 0 radical (unpaired) electrons. The van der Waals surface area contributed by atoms with Crippen molar-refractivity contribution in [2.45, 2.75) is 5.41 Å². The van der Waals surface area contributed by atoms with Crippen LogP contribution in [0.3, 0.4) is 0 Å². The van der Waals surface area contributed by atoms with Gasteiger partial charge in [-0.05, 0) is 68.3 Å². The summed E-state index contributed by atoms with van der Waals surface area (Å²) in [4.78, 5) is 0. The van der Waals surface area contributed by atoms with Crippen molar-refractivity contribution < 1.29 is 0 Å². The molecule has 7 rings (SSSR count). The Bertz CT molecular complexity index is 1720. The maximum Gasteiger partial charge on any atom is 0.0713 e. The predicted octanol–water partition coefficient (Wildman–Crippen LogP) is 10.0. The molecule has 0 unspecified atom stereocenters. The van der Waals surface area contributed by atoms with Gasteiger partial charge in [-0.15, -0.1) is 0 Å². The monoisotopic (exact) mass is 504 g/mol. The summed E-state index contributed by atoms with van der Waals surface area (Å²) in [7, 11) is 0. The number of benzene rings is 6. The molecule has 0 fully saturated rings. The van der Waals surface area contributed by atoms with Crippen LogP contribution in [0.4, 0.5) is 0 Å². The molecule has 0 N–H and O–H groups in total. The molecule has 0 bridgehead atoms. The standard InChI is InChI=1S/C37H25Cl/c38-36-23-22-27(26-12-3-1-4-13-26)25-33(36)28-14-11-17-30(24-28)37(29-15-5-2-6-16-29)34-20-9-7-18-31(34)32-19-8-10-21-35(32)37/h1-25H. The van der Waals surface area contributed by atoms with Crippen molar-refractivity contribution >= 4 is 11.6 Å². The normalized spacial score (nSPS) is 13.1. The van der Waals surface area contributed by atoms with E-state index in [-0.39, 0.29) is 0 Å². The van der Waals surface area contributed by atoms with E-state index < -0.39 is 5.41 Å². The largest absolute Gasteiger partial charge is 0.0837 e. The molecule has 0 nitrogen and oxygen atoms in total. The van der Waals surface area contributed by atoms with Gasteiger partial charge in [-0.3, -0.25) is 0 Å². The van der Waals surface area contributed by atoms with Gasteiger partial charge in [-0.1, -0.05) is 145 Å². The molecule has 0 spiro atoms. The van der Waals surface area contributed by atoms with Crippen molar-refractivity contribution in [3.63, 3.8) is 0 Å². The average Bonchev–Trinajstić information content (AvgIpc) is 3.30. The van der Waals surface area contributed by atoms with E-state index in [0.29, 0.717) is 0 Å². The van der Waals surface area contributed by atoms with Gasteiger partial charge in [0.2, 0.25) is 0 Å². The minimum Gasteiger partial charge on any atom is -0.0837 e. The average molecular weight is 505 g/mol. The van der Waals surface area contributed by atoms with Gasteiger partial charge in [0, 0.05) is 10.6 Å².